The average molecular weight is 439 g/mol. The number of hydrogen-bond donors (Lipinski definition) is 3. The second kappa shape index (κ2) is 10.4. The molecule has 0 radical (unpaired) electrons. The normalized spacial score (nSPS) is 10.4. The Balaban J connectivity index is 1.55. The number of ether oxygens (including phenoxy) is 1. The zero-order valence-electron chi connectivity index (χ0n) is 16.8. The molecule has 0 unspecified atom stereocenters. The Morgan fingerprint density at radius 2 is 1.74 bits per heavy atom. The van der Waals surface area contributed by atoms with E-state index >= 15 is 0 Å². The van der Waals surface area contributed by atoms with Gasteiger partial charge in [-0.3, -0.25) is 14.9 Å². The van der Waals surface area contributed by atoms with Gasteiger partial charge in [0.05, 0.1) is 11.3 Å². The molecule has 3 aromatic rings. The number of carbonyl (C=O) groups excluding carboxylic acids is 4. The highest BCUT2D eigenvalue weighted by Gasteiger charge is 2.17. The van der Waals surface area contributed by atoms with Gasteiger partial charge in [0.2, 0.25) is 5.91 Å². The zero-order chi connectivity index (χ0) is 22.2. The molecule has 160 valence electrons. The Kier molecular flexibility index (Phi) is 7.34. The molecule has 3 N–H and O–H groups in total. The van der Waals surface area contributed by atoms with Crippen LogP contribution >= 0.6 is 11.3 Å². The number of urea groups is 1. The smallest absolute Gasteiger partial charge is 0.340 e. The summed E-state index contributed by atoms with van der Waals surface area (Å²) in [5, 5.41) is 10.8. The second-order valence-electron chi connectivity index (χ2n) is 6.64. The number of imide groups is 1. The van der Waals surface area contributed by atoms with Crippen molar-refractivity contribution in [1.82, 2.24) is 10.6 Å². The van der Waals surface area contributed by atoms with Crippen molar-refractivity contribution < 1.29 is 23.9 Å². The maximum Gasteiger partial charge on any atom is 0.340 e. The lowest BCUT2D eigenvalue weighted by atomic mass is 10.0. The van der Waals surface area contributed by atoms with E-state index in [0.29, 0.717) is 13.0 Å². The van der Waals surface area contributed by atoms with Crippen molar-refractivity contribution in [2.45, 2.75) is 13.3 Å². The van der Waals surface area contributed by atoms with Gasteiger partial charge in [0, 0.05) is 18.3 Å². The maximum atomic E-state index is 12.5. The summed E-state index contributed by atoms with van der Waals surface area (Å²) in [6.45, 7) is 1.06. The maximum absolute atomic E-state index is 12.5. The van der Waals surface area contributed by atoms with Crippen molar-refractivity contribution in [3.05, 3.63) is 64.4 Å². The molecule has 4 amide bonds. The standard InChI is InChI=1S/C22H21N3O5S/c1-14(26)24-19-12-16-6-3-2-5-15(16)11-18(19)21(28)30-13-20(27)25-22(29)23-9-8-17-7-4-10-31-17/h2-7,10-12H,8-9,13H2,1H3,(H,24,26)(H2,23,25,27,29). The van der Waals surface area contributed by atoms with Crippen molar-refractivity contribution in [3.63, 3.8) is 0 Å². The van der Waals surface area contributed by atoms with Gasteiger partial charge in [0.25, 0.3) is 5.91 Å². The number of fused-ring (bicyclic) bond motifs is 1. The number of nitrogens with one attached hydrogen (secondary N) is 3. The van der Waals surface area contributed by atoms with Crippen molar-refractivity contribution in [2.75, 3.05) is 18.5 Å². The van der Waals surface area contributed by atoms with Crippen molar-refractivity contribution in [2.24, 2.45) is 0 Å². The van der Waals surface area contributed by atoms with Crippen LogP contribution in [0.15, 0.2) is 53.9 Å². The molecule has 2 aromatic carbocycles. The van der Waals surface area contributed by atoms with E-state index in [9.17, 15) is 19.2 Å². The molecule has 0 aliphatic heterocycles. The number of esters is 1. The molecule has 8 nitrogen and oxygen atoms in total. The van der Waals surface area contributed by atoms with E-state index < -0.39 is 24.5 Å². The van der Waals surface area contributed by atoms with Gasteiger partial charge in [-0.2, -0.15) is 0 Å². The van der Waals surface area contributed by atoms with Crippen LogP contribution in [0.1, 0.15) is 22.2 Å². The number of amides is 4. The highest BCUT2D eigenvalue weighted by molar-refractivity contribution is 7.09. The minimum atomic E-state index is -0.789. The highest BCUT2D eigenvalue weighted by Crippen LogP contribution is 2.25. The van der Waals surface area contributed by atoms with Crippen LogP contribution in [-0.2, 0) is 20.7 Å². The van der Waals surface area contributed by atoms with Crippen LogP contribution in [-0.4, -0.2) is 37.0 Å². The Morgan fingerprint density at radius 3 is 2.42 bits per heavy atom. The fourth-order valence-corrected chi connectivity index (χ4v) is 3.58. The third-order valence-electron chi connectivity index (χ3n) is 4.24. The Labute approximate surface area is 182 Å². The Hall–Kier alpha value is -3.72. The predicted molar refractivity (Wildman–Crippen MR) is 118 cm³/mol. The summed E-state index contributed by atoms with van der Waals surface area (Å²) < 4.78 is 5.04. The van der Waals surface area contributed by atoms with Crippen LogP contribution in [0.25, 0.3) is 10.8 Å². The van der Waals surface area contributed by atoms with Crippen LogP contribution in [0.4, 0.5) is 10.5 Å². The molecule has 0 bridgehead atoms. The predicted octanol–water partition coefficient (Wildman–Crippen LogP) is 3.09. The lowest BCUT2D eigenvalue weighted by molar-refractivity contribution is -0.123. The van der Waals surface area contributed by atoms with E-state index in [-0.39, 0.29) is 17.2 Å². The minimum absolute atomic E-state index is 0.113. The summed E-state index contributed by atoms with van der Waals surface area (Å²) in [5.74, 6) is -1.90. The van der Waals surface area contributed by atoms with E-state index in [4.69, 9.17) is 4.74 Å². The third kappa shape index (κ3) is 6.38. The SMILES string of the molecule is CC(=O)Nc1cc2ccccc2cc1C(=O)OCC(=O)NC(=O)NCCc1cccs1. The topological polar surface area (TPSA) is 114 Å². The van der Waals surface area contributed by atoms with Crippen LogP contribution < -0.4 is 16.0 Å². The highest BCUT2D eigenvalue weighted by atomic mass is 32.1. The fourth-order valence-electron chi connectivity index (χ4n) is 2.87. The number of carbonyl (C=O) groups is 4. The van der Waals surface area contributed by atoms with Crippen molar-refractivity contribution in [1.29, 1.82) is 0 Å². The van der Waals surface area contributed by atoms with E-state index in [1.54, 1.807) is 23.5 Å². The molecule has 31 heavy (non-hydrogen) atoms. The molecule has 0 atom stereocenters. The number of rotatable bonds is 7. The lowest BCUT2D eigenvalue weighted by Crippen LogP contribution is -2.42. The summed E-state index contributed by atoms with van der Waals surface area (Å²) in [7, 11) is 0. The van der Waals surface area contributed by atoms with Gasteiger partial charge in [-0.05, 0) is 40.8 Å². The first-order valence-corrected chi connectivity index (χ1v) is 10.4. The fraction of sp³-hybridized carbons (Fsp3) is 0.182. The van der Waals surface area contributed by atoms with E-state index in [1.165, 1.54) is 6.92 Å². The third-order valence-corrected chi connectivity index (χ3v) is 5.18. The number of benzene rings is 2. The monoisotopic (exact) mass is 439 g/mol. The van der Waals surface area contributed by atoms with Gasteiger partial charge in [-0.1, -0.05) is 30.3 Å². The van der Waals surface area contributed by atoms with Gasteiger partial charge in [0.1, 0.15) is 0 Å². The summed E-state index contributed by atoms with van der Waals surface area (Å²) in [6.07, 6.45) is 0.655. The van der Waals surface area contributed by atoms with Crippen molar-refractivity contribution in [3.8, 4) is 0 Å². The first-order chi connectivity index (χ1) is 14.9. The van der Waals surface area contributed by atoms with E-state index in [2.05, 4.69) is 16.0 Å². The summed E-state index contributed by atoms with van der Waals surface area (Å²) in [5.41, 5.74) is 0.394. The van der Waals surface area contributed by atoms with Crippen LogP contribution in [0.5, 0.6) is 0 Å². The second-order valence-corrected chi connectivity index (χ2v) is 7.67. The first-order valence-electron chi connectivity index (χ1n) is 9.50. The first kappa shape index (κ1) is 22.0. The van der Waals surface area contributed by atoms with Gasteiger partial charge in [-0.15, -0.1) is 11.3 Å². The van der Waals surface area contributed by atoms with Crippen LogP contribution in [0, 0.1) is 0 Å². The van der Waals surface area contributed by atoms with E-state index in [1.807, 2.05) is 41.8 Å². The summed E-state index contributed by atoms with van der Waals surface area (Å²) in [4.78, 5) is 48.9. The largest absolute Gasteiger partial charge is 0.452 e. The summed E-state index contributed by atoms with van der Waals surface area (Å²) in [6, 6.07) is 13.8. The van der Waals surface area contributed by atoms with E-state index in [0.717, 1.165) is 15.6 Å². The molecular formula is C22H21N3O5S. The minimum Gasteiger partial charge on any atom is -0.452 e. The van der Waals surface area contributed by atoms with Gasteiger partial charge in [-0.25, -0.2) is 9.59 Å². The lowest BCUT2D eigenvalue weighted by Gasteiger charge is -2.12. The summed E-state index contributed by atoms with van der Waals surface area (Å²) >= 11 is 1.58. The Bertz CT molecular complexity index is 1110. The van der Waals surface area contributed by atoms with Crippen LogP contribution in [0.3, 0.4) is 0 Å². The number of hydrogen-bond acceptors (Lipinski definition) is 6. The van der Waals surface area contributed by atoms with Gasteiger partial charge < -0.3 is 15.4 Å². The van der Waals surface area contributed by atoms with Crippen molar-refractivity contribution >= 4 is 51.6 Å². The number of thiophene rings is 1. The quantitative estimate of drug-likeness (QED) is 0.490. The Morgan fingerprint density at radius 1 is 1.00 bits per heavy atom. The molecule has 3 rings (SSSR count). The molecule has 0 fully saturated rings. The molecule has 1 heterocycles. The average Bonchev–Trinajstić information content (AvgIpc) is 3.24. The van der Waals surface area contributed by atoms with Crippen LogP contribution in [0.2, 0.25) is 0 Å². The zero-order valence-corrected chi connectivity index (χ0v) is 17.6. The molecule has 0 saturated heterocycles. The molecule has 9 heteroatoms. The molecule has 0 aliphatic carbocycles. The van der Waals surface area contributed by atoms with Gasteiger partial charge >= 0.3 is 12.0 Å². The molecule has 0 spiro atoms. The van der Waals surface area contributed by atoms with Gasteiger partial charge in [0.15, 0.2) is 6.61 Å². The molecule has 1 aromatic heterocycles. The molecule has 0 aliphatic rings. The molecular weight excluding hydrogens is 418 g/mol. The molecule has 0 saturated carbocycles. The number of anilines is 1.